The predicted molar refractivity (Wildman–Crippen MR) is 102 cm³/mol. The number of halogens is 1. The molecule has 6 heteroatoms. The number of thiazole rings is 1. The minimum Gasteiger partial charge on any atom is -0.322 e. The largest absolute Gasteiger partial charge is 0.322 e. The van der Waals surface area contributed by atoms with E-state index in [4.69, 9.17) is 0 Å². The number of nitrogens with zero attached hydrogens (tertiary/aromatic N) is 2. The number of hydrogen-bond acceptors (Lipinski definition) is 4. The number of pyridine rings is 1. The molecule has 4 nitrogen and oxygen atoms in total. The summed E-state index contributed by atoms with van der Waals surface area (Å²) in [6.45, 7) is 1.91. The molecule has 0 atom stereocenters. The zero-order chi connectivity index (χ0) is 18.1. The molecule has 0 radical (unpaired) electrons. The molecule has 0 saturated heterocycles. The number of carbonyl (C=O) groups is 1. The van der Waals surface area contributed by atoms with Gasteiger partial charge in [0.2, 0.25) is 0 Å². The molecular formula is C20H14FN3OS. The Kier molecular flexibility index (Phi) is 4.18. The molecule has 0 fully saturated rings. The molecule has 0 aliphatic heterocycles. The molecule has 0 aliphatic rings. The molecule has 1 N–H and O–H groups in total. The van der Waals surface area contributed by atoms with Crippen molar-refractivity contribution in [3.63, 3.8) is 0 Å². The third kappa shape index (κ3) is 3.19. The monoisotopic (exact) mass is 363 g/mol. The van der Waals surface area contributed by atoms with Crippen LogP contribution in [0.15, 0.2) is 60.8 Å². The lowest BCUT2D eigenvalue weighted by molar-refractivity contribution is 0.102. The SMILES string of the molecule is Cc1cc(-c2nc3cccnc3s2)ccc1NC(=O)c1cccc(F)c1. The summed E-state index contributed by atoms with van der Waals surface area (Å²) in [4.78, 5) is 22.1. The highest BCUT2D eigenvalue weighted by Gasteiger charge is 2.11. The van der Waals surface area contributed by atoms with Crippen LogP contribution >= 0.6 is 11.3 Å². The van der Waals surface area contributed by atoms with Gasteiger partial charge in [0.1, 0.15) is 21.2 Å². The first-order valence-corrected chi connectivity index (χ1v) is 8.81. The highest BCUT2D eigenvalue weighted by molar-refractivity contribution is 7.21. The molecule has 0 bridgehead atoms. The Hall–Kier alpha value is -3.12. The number of amides is 1. The molecule has 2 aromatic heterocycles. The lowest BCUT2D eigenvalue weighted by Crippen LogP contribution is -2.12. The van der Waals surface area contributed by atoms with E-state index in [1.807, 2.05) is 37.3 Å². The minimum atomic E-state index is -0.436. The van der Waals surface area contributed by atoms with Gasteiger partial charge in [0, 0.05) is 23.0 Å². The second-order valence-corrected chi connectivity index (χ2v) is 6.82. The van der Waals surface area contributed by atoms with E-state index >= 15 is 0 Å². The van der Waals surface area contributed by atoms with Crippen molar-refractivity contribution in [1.29, 1.82) is 0 Å². The van der Waals surface area contributed by atoms with Gasteiger partial charge >= 0.3 is 0 Å². The lowest BCUT2D eigenvalue weighted by Gasteiger charge is -2.09. The summed E-state index contributed by atoms with van der Waals surface area (Å²) in [5.41, 5.74) is 3.70. The Morgan fingerprint density at radius 3 is 2.77 bits per heavy atom. The van der Waals surface area contributed by atoms with Crippen molar-refractivity contribution in [3.8, 4) is 10.6 Å². The summed E-state index contributed by atoms with van der Waals surface area (Å²) in [5, 5.41) is 3.70. The average Bonchev–Trinajstić information content (AvgIpc) is 3.07. The van der Waals surface area contributed by atoms with E-state index in [1.54, 1.807) is 12.3 Å². The molecule has 1 amide bonds. The standard InChI is InChI=1S/C20H14FN3OS/c1-12-10-14(19-24-17-6-3-9-22-20(17)26-19)7-8-16(12)23-18(25)13-4-2-5-15(21)11-13/h2-11H,1H3,(H,23,25). The Morgan fingerprint density at radius 2 is 2.00 bits per heavy atom. The van der Waals surface area contributed by atoms with Crippen LogP contribution in [0.4, 0.5) is 10.1 Å². The number of hydrogen-bond donors (Lipinski definition) is 1. The van der Waals surface area contributed by atoms with Crippen LogP contribution in [-0.4, -0.2) is 15.9 Å². The third-order valence-corrected chi connectivity index (χ3v) is 5.00. The number of anilines is 1. The zero-order valence-corrected chi connectivity index (χ0v) is 14.7. The molecule has 2 aromatic carbocycles. The topological polar surface area (TPSA) is 54.9 Å². The number of aromatic nitrogens is 2. The molecule has 4 aromatic rings. The van der Waals surface area contributed by atoms with Crippen molar-refractivity contribution in [3.05, 3.63) is 77.7 Å². The van der Waals surface area contributed by atoms with E-state index in [0.29, 0.717) is 5.69 Å². The third-order valence-electron chi connectivity index (χ3n) is 3.97. The molecule has 0 saturated carbocycles. The van der Waals surface area contributed by atoms with Crippen molar-refractivity contribution in [1.82, 2.24) is 9.97 Å². The van der Waals surface area contributed by atoms with Crippen molar-refractivity contribution in [2.45, 2.75) is 6.92 Å². The van der Waals surface area contributed by atoms with Gasteiger partial charge in [-0.05, 0) is 61.0 Å². The van der Waals surface area contributed by atoms with Crippen LogP contribution in [0.5, 0.6) is 0 Å². The predicted octanol–water partition coefficient (Wildman–Crippen LogP) is 5.06. The first-order valence-electron chi connectivity index (χ1n) is 8.00. The molecule has 0 unspecified atom stereocenters. The lowest BCUT2D eigenvalue weighted by atomic mass is 10.1. The first kappa shape index (κ1) is 16.4. The fourth-order valence-corrected chi connectivity index (χ4v) is 3.56. The van der Waals surface area contributed by atoms with Crippen molar-refractivity contribution in [2.75, 3.05) is 5.32 Å². The minimum absolute atomic E-state index is 0.283. The van der Waals surface area contributed by atoms with Crippen LogP contribution in [0, 0.1) is 12.7 Å². The molecule has 128 valence electrons. The summed E-state index contributed by atoms with van der Waals surface area (Å²) >= 11 is 1.53. The zero-order valence-electron chi connectivity index (χ0n) is 13.9. The summed E-state index contributed by atoms with van der Waals surface area (Å²) in [6.07, 6.45) is 1.75. The van der Waals surface area contributed by atoms with Crippen molar-refractivity contribution >= 4 is 33.3 Å². The van der Waals surface area contributed by atoms with Gasteiger partial charge in [-0.2, -0.15) is 0 Å². The summed E-state index contributed by atoms with van der Waals surface area (Å²) in [6, 6.07) is 15.1. The van der Waals surface area contributed by atoms with Gasteiger partial charge in [0.15, 0.2) is 0 Å². The maximum absolute atomic E-state index is 13.3. The van der Waals surface area contributed by atoms with Crippen molar-refractivity contribution in [2.24, 2.45) is 0 Å². The maximum Gasteiger partial charge on any atom is 0.255 e. The maximum atomic E-state index is 13.3. The quantitative estimate of drug-likeness (QED) is 0.554. The fraction of sp³-hybridized carbons (Fsp3) is 0.0500. The van der Waals surface area contributed by atoms with Crippen LogP contribution in [-0.2, 0) is 0 Å². The highest BCUT2D eigenvalue weighted by atomic mass is 32.1. The molecule has 0 aliphatic carbocycles. The van der Waals surface area contributed by atoms with Crippen molar-refractivity contribution < 1.29 is 9.18 Å². The second kappa shape index (κ2) is 6.65. The smallest absolute Gasteiger partial charge is 0.255 e. The van der Waals surface area contributed by atoms with Gasteiger partial charge in [-0.1, -0.05) is 17.4 Å². The van der Waals surface area contributed by atoms with Gasteiger partial charge in [0.05, 0.1) is 0 Å². The van der Waals surface area contributed by atoms with Gasteiger partial charge in [-0.25, -0.2) is 14.4 Å². The van der Waals surface area contributed by atoms with Crippen LogP contribution in [0.3, 0.4) is 0 Å². The van der Waals surface area contributed by atoms with Crippen LogP contribution < -0.4 is 5.32 Å². The normalized spacial score (nSPS) is 10.8. The number of benzene rings is 2. The van der Waals surface area contributed by atoms with Crippen LogP contribution in [0.1, 0.15) is 15.9 Å². The van der Waals surface area contributed by atoms with E-state index < -0.39 is 5.82 Å². The number of fused-ring (bicyclic) bond motifs is 1. The van der Waals surface area contributed by atoms with E-state index in [2.05, 4.69) is 15.3 Å². The molecule has 2 heterocycles. The molecule has 0 spiro atoms. The van der Waals surface area contributed by atoms with E-state index in [0.717, 1.165) is 26.5 Å². The van der Waals surface area contributed by atoms with E-state index in [-0.39, 0.29) is 11.5 Å². The van der Waals surface area contributed by atoms with Gasteiger partial charge < -0.3 is 5.32 Å². The number of rotatable bonds is 3. The van der Waals surface area contributed by atoms with Gasteiger partial charge in [-0.3, -0.25) is 4.79 Å². The first-order chi connectivity index (χ1) is 12.6. The Labute approximate surface area is 153 Å². The summed E-state index contributed by atoms with van der Waals surface area (Å²) < 4.78 is 13.3. The second-order valence-electron chi connectivity index (χ2n) is 5.84. The Morgan fingerprint density at radius 1 is 1.12 bits per heavy atom. The van der Waals surface area contributed by atoms with Crippen LogP contribution in [0.2, 0.25) is 0 Å². The fourth-order valence-electron chi connectivity index (χ4n) is 2.65. The average molecular weight is 363 g/mol. The Bertz CT molecular complexity index is 1090. The van der Waals surface area contributed by atoms with Gasteiger partial charge in [0.25, 0.3) is 5.91 Å². The van der Waals surface area contributed by atoms with E-state index in [1.165, 1.54) is 29.5 Å². The number of carbonyl (C=O) groups excluding carboxylic acids is 1. The molecule has 26 heavy (non-hydrogen) atoms. The Balaban J connectivity index is 1.60. The van der Waals surface area contributed by atoms with E-state index in [9.17, 15) is 9.18 Å². The summed E-state index contributed by atoms with van der Waals surface area (Å²) in [5.74, 6) is -0.779. The van der Waals surface area contributed by atoms with Crippen LogP contribution in [0.25, 0.3) is 20.9 Å². The highest BCUT2D eigenvalue weighted by Crippen LogP contribution is 2.31. The number of aryl methyl sites for hydroxylation is 1. The molecular weight excluding hydrogens is 349 g/mol. The van der Waals surface area contributed by atoms with Gasteiger partial charge in [-0.15, -0.1) is 0 Å². The molecule has 4 rings (SSSR count). The number of nitrogens with one attached hydrogen (secondary N) is 1. The summed E-state index contributed by atoms with van der Waals surface area (Å²) in [7, 11) is 0.